The van der Waals surface area contributed by atoms with Crippen LogP contribution in [0.3, 0.4) is 0 Å². The minimum absolute atomic E-state index is 0.0840. The molecule has 0 aliphatic carbocycles. The van der Waals surface area contributed by atoms with Crippen molar-refractivity contribution in [1.82, 2.24) is 15.3 Å². The number of nitrogens with one attached hydrogen (secondary N) is 1. The second-order valence-electron chi connectivity index (χ2n) is 12.0. The van der Waals surface area contributed by atoms with E-state index in [9.17, 15) is 27.6 Å². The van der Waals surface area contributed by atoms with Crippen LogP contribution in [0.25, 0.3) is 11.0 Å². The number of benzene rings is 3. The smallest absolute Gasteiger partial charge is 0.416 e. The van der Waals surface area contributed by atoms with Crippen LogP contribution in [0.15, 0.2) is 82.0 Å². The van der Waals surface area contributed by atoms with Crippen molar-refractivity contribution in [2.75, 3.05) is 19.6 Å². The first-order chi connectivity index (χ1) is 23.5. The maximum atomic E-state index is 13.9. The summed E-state index contributed by atoms with van der Waals surface area (Å²) < 4.78 is 45.0. The summed E-state index contributed by atoms with van der Waals surface area (Å²) in [7, 11) is 0. The SMILES string of the molecule is CC.O=C1CCCN1Cc1ccccc1C1CCN(C(=O)C(Cc2ccc(Cl)cc2)NOc2cc(=O)c3cc(C(F)(F)F)ccc3o2)CC1. The molecule has 2 aliphatic rings. The average molecular weight is 698 g/mol. The van der Waals surface area contributed by atoms with E-state index in [1.165, 1.54) is 5.56 Å². The average Bonchev–Trinajstić information content (AvgIpc) is 3.51. The standard InChI is InChI=1S/C35H33ClF3N3O5.C2H6/c36-26-10-7-22(8-11-26)18-29(40-47-33-20-30(43)28-19-25(35(37,38)39)9-12-31(28)46-33)34(45)41-16-13-23(14-17-41)27-5-2-1-4-24(27)21-42-15-3-6-32(42)44;1-2/h1-2,4-5,7-12,19-20,23,29,40H,3,6,13-18,21H2;1-2H3. The van der Waals surface area contributed by atoms with Crippen LogP contribution < -0.4 is 15.7 Å². The molecule has 2 aliphatic heterocycles. The summed E-state index contributed by atoms with van der Waals surface area (Å²) in [6, 6.07) is 17.9. The molecule has 8 nitrogen and oxygen atoms in total. The van der Waals surface area contributed by atoms with E-state index in [-0.39, 0.29) is 41.1 Å². The first-order valence-electron chi connectivity index (χ1n) is 16.5. The maximum Gasteiger partial charge on any atom is 0.416 e. The van der Waals surface area contributed by atoms with Crippen LogP contribution in [0.1, 0.15) is 67.7 Å². The molecule has 12 heteroatoms. The van der Waals surface area contributed by atoms with Gasteiger partial charge in [0.25, 0.3) is 0 Å². The summed E-state index contributed by atoms with van der Waals surface area (Å²) in [6.07, 6.45) is -1.43. The molecule has 3 heterocycles. The number of fused-ring (bicyclic) bond motifs is 1. The highest BCUT2D eigenvalue weighted by atomic mass is 35.5. The van der Waals surface area contributed by atoms with E-state index >= 15 is 0 Å². The van der Waals surface area contributed by atoms with Crippen molar-refractivity contribution >= 4 is 34.4 Å². The van der Waals surface area contributed by atoms with Gasteiger partial charge in [-0.1, -0.05) is 61.8 Å². The Kier molecular flexibility index (Phi) is 11.7. The van der Waals surface area contributed by atoms with Crippen LogP contribution in [-0.2, 0) is 28.7 Å². The second kappa shape index (κ2) is 15.9. The van der Waals surface area contributed by atoms with E-state index in [1.54, 1.807) is 29.2 Å². The van der Waals surface area contributed by atoms with Crippen LogP contribution in [0.2, 0.25) is 5.02 Å². The van der Waals surface area contributed by atoms with Gasteiger partial charge in [-0.3, -0.25) is 14.4 Å². The van der Waals surface area contributed by atoms with Crippen LogP contribution in [0, 0.1) is 0 Å². The van der Waals surface area contributed by atoms with Gasteiger partial charge in [0.2, 0.25) is 11.8 Å². The zero-order valence-electron chi connectivity index (χ0n) is 27.4. The lowest BCUT2D eigenvalue weighted by Gasteiger charge is -2.35. The number of halogens is 4. The molecule has 1 atom stereocenters. The molecule has 49 heavy (non-hydrogen) atoms. The van der Waals surface area contributed by atoms with Gasteiger partial charge in [0.1, 0.15) is 11.6 Å². The highest BCUT2D eigenvalue weighted by molar-refractivity contribution is 6.30. The molecule has 260 valence electrons. The Morgan fingerprint density at radius 3 is 2.39 bits per heavy atom. The fourth-order valence-corrected chi connectivity index (χ4v) is 6.44. The van der Waals surface area contributed by atoms with Gasteiger partial charge in [-0.25, -0.2) is 0 Å². The highest BCUT2D eigenvalue weighted by Gasteiger charge is 2.32. The number of carbonyl (C=O) groups excluding carboxylic acids is 2. The van der Waals surface area contributed by atoms with E-state index in [1.807, 2.05) is 30.9 Å². The van der Waals surface area contributed by atoms with Gasteiger partial charge >= 0.3 is 12.1 Å². The Balaban J connectivity index is 0.00000230. The minimum Gasteiger partial charge on any atom is -0.424 e. The molecule has 2 saturated heterocycles. The molecular weight excluding hydrogens is 659 g/mol. The first kappa shape index (κ1) is 35.9. The highest BCUT2D eigenvalue weighted by Crippen LogP contribution is 2.33. The predicted octanol–water partition coefficient (Wildman–Crippen LogP) is 7.51. The van der Waals surface area contributed by atoms with Gasteiger partial charge in [0, 0.05) is 37.6 Å². The van der Waals surface area contributed by atoms with Gasteiger partial charge in [-0.15, -0.1) is 5.48 Å². The summed E-state index contributed by atoms with van der Waals surface area (Å²) >= 11 is 6.06. The van der Waals surface area contributed by atoms with E-state index in [4.69, 9.17) is 20.9 Å². The first-order valence-corrected chi connectivity index (χ1v) is 16.9. The number of piperidine rings is 1. The van der Waals surface area contributed by atoms with E-state index in [0.717, 1.165) is 61.2 Å². The quantitative estimate of drug-likeness (QED) is 0.182. The van der Waals surface area contributed by atoms with E-state index < -0.39 is 23.2 Å². The molecule has 2 fully saturated rings. The Hall–Kier alpha value is -4.35. The summed E-state index contributed by atoms with van der Waals surface area (Å²) in [5.41, 5.74) is 4.12. The summed E-state index contributed by atoms with van der Waals surface area (Å²) in [5, 5.41) is 0.307. The molecule has 4 aromatic rings. The number of hydroxylamine groups is 1. The lowest BCUT2D eigenvalue weighted by molar-refractivity contribution is -0.138. The van der Waals surface area contributed by atoms with Crippen molar-refractivity contribution in [3.05, 3.63) is 110 Å². The number of likely N-dealkylation sites (tertiary alicyclic amines) is 2. The third-order valence-electron chi connectivity index (χ3n) is 8.82. The molecule has 1 N–H and O–H groups in total. The van der Waals surface area contributed by atoms with Crippen molar-refractivity contribution in [3.63, 3.8) is 0 Å². The molecular formula is C37H39ClF3N3O5. The molecule has 0 spiro atoms. The van der Waals surface area contributed by atoms with Crippen molar-refractivity contribution < 1.29 is 32.0 Å². The normalized spacial score (nSPS) is 16.0. The lowest BCUT2D eigenvalue weighted by Crippen LogP contribution is -2.51. The number of hydrogen-bond acceptors (Lipinski definition) is 6. The molecule has 0 saturated carbocycles. The molecule has 3 aromatic carbocycles. The number of hydrogen-bond donors (Lipinski definition) is 1. The van der Waals surface area contributed by atoms with Gasteiger partial charge in [-0.2, -0.15) is 13.2 Å². The summed E-state index contributed by atoms with van der Waals surface area (Å²) in [4.78, 5) is 48.1. The van der Waals surface area contributed by atoms with Crippen LogP contribution in [0.4, 0.5) is 13.2 Å². The van der Waals surface area contributed by atoms with E-state index in [2.05, 4.69) is 17.6 Å². The van der Waals surface area contributed by atoms with E-state index in [0.29, 0.717) is 31.1 Å². The minimum atomic E-state index is -4.61. The topological polar surface area (TPSA) is 92.1 Å². The van der Waals surface area contributed by atoms with Crippen molar-refractivity contribution in [2.24, 2.45) is 0 Å². The molecule has 1 aromatic heterocycles. The summed E-state index contributed by atoms with van der Waals surface area (Å²) in [5.74, 6) is -0.0906. The van der Waals surface area contributed by atoms with Crippen molar-refractivity contribution in [3.8, 4) is 5.95 Å². The van der Waals surface area contributed by atoms with Gasteiger partial charge < -0.3 is 19.1 Å². The van der Waals surface area contributed by atoms with Crippen LogP contribution in [-0.4, -0.2) is 47.3 Å². The second-order valence-corrected chi connectivity index (χ2v) is 12.4. The third-order valence-corrected chi connectivity index (χ3v) is 9.07. The molecule has 2 amide bonds. The Morgan fingerprint density at radius 2 is 1.71 bits per heavy atom. The number of amides is 2. The number of carbonyl (C=O) groups is 2. The zero-order valence-corrected chi connectivity index (χ0v) is 28.2. The Morgan fingerprint density at radius 1 is 1.00 bits per heavy atom. The number of alkyl halides is 3. The van der Waals surface area contributed by atoms with Crippen molar-refractivity contribution in [2.45, 2.75) is 70.6 Å². The van der Waals surface area contributed by atoms with Gasteiger partial charge in [-0.05, 0) is 78.6 Å². The fraction of sp³-hybridized carbons (Fsp3) is 0.378. The largest absolute Gasteiger partial charge is 0.424 e. The number of rotatable bonds is 9. The molecule has 0 radical (unpaired) electrons. The Bertz CT molecular complexity index is 1820. The monoisotopic (exact) mass is 697 g/mol. The molecule has 6 rings (SSSR count). The van der Waals surface area contributed by atoms with Gasteiger partial charge in [0.15, 0.2) is 5.43 Å². The Labute approximate surface area is 287 Å². The number of nitrogens with zero attached hydrogens (tertiary/aromatic N) is 2. The lowest BCUT2D eigenvalue weighted by atomic mass is 9.86. The zero-order chi connectivity index (χ0) is 35.1. The fourth-order valence-electron chi connectivity index (χ4n) is 6.31. The van der Waals surface area contributed by atoms with Crippen LogP contribution in [0.5, 0.6) is 5.95 Å². The van der Waals surface area contributed by atoms with Crippen molar-refractivity contribution in [1.29, 1.82) is 0 Å². The summed E-state index contributed by atoms with van der Waals surface area (Å²) in [6.45, 7) is 6.37. The van der Waals surface area contributed by atoms with Gasteiger partial charge in [0.05, 0.1) is 17.0 Å². The van der Waals surface area contributed by atoms with Crippen LogP contribution >= 0.6 is 11.6 Å². The molecule has 0 bridgehead atoms. The molecule has 1 unspecified atom stereocenters. The maximum absolute atomic E-state index is 13.9. The third kappa shape index (κ3) is 8.82. The predicted molar refractivity (Wildman–Crippen MR) is 181 cm³/mol.